The van der Waals surface area contributed by atoms with E-state index in [1.165, 1.54) is 0 Å². The van der Waals surface area contributed by atoms with Gasteiger partial charge >= 0.3 is 0 Å². The summed E-state index contributed by atoms with van der Waals surface area (Å²) in [6.45, 7) is 0. The molecule has 0 rings (SSSR count). The predicted molar refractivity (Wildman–Crippen MR) is 19.4 cm³/mol. The molecule has 24 valence electrons. The highest BCUT2D eigenvalue weighted by atomic mass is 31.0. The summed E-state index contributed by atoms with van der Waals surface area (Å²) in [6.07, 6.45) is 0. The first-order valence-electron chi connectivity index (χ1n) is 0.921. The number of nitrogens with one attached hydrogen (secondary N) is 1. The second-order valence-corrected chi connectivity index (χ2v) is 1.01. The van der Waals surface area contributed by atoms with E-state index in [1.54, 1.807) is 7.05 Å². The minimum Gasteiger partial charge on any atom is -0.275 e. The first-order chi connectivity index (χ1) is 1.91. The Morgan fingerprint density at radius 1 is 2.00 bits per heavy atom. The first-order valence-corrected chi connectivity index (χ1v) is 1.87. The molecule has 0 amide bonds. The maximum Gasteiger partial charge on any atom is 0.0370 e. The van der Waals surface area contributed by atoms with Crippen molar-refractivity contribution in [3.63, 3.8) is 0 Å². The second-order valence-electron chi connectivity index (χ2n) is 0.335. The van der Waals surface area contributed by atoms with E-state index in [-0.39, 0.29) is 8.16 Å². The minimum atomic E-state index is 0.0154. The van der Waals surface area contributed by atoms with Crippen LogP contribution in [0.5, 0.6) is 0 Å². The highest BCUT2D eigenvalue weighted by Crippen LogP contribution is 1.69. The SMILES string of the molecule is CN=[PH]=N. The Hall–Kier alpha value is -0.100. The van der Waals surface area contributed by atoms with Crippen LogP contribution in [0.1, 0.15) is 0 Å². The van der Waals surface area contributed by atoms with Gasteiger partial charge in [0.1, 0.15) is 0 Å². The number of nitrogens with zero attached hydrogens (tertiary/aromatic N) is 1. The molecule has 0 aliphatic rings. The maximum atomic E-state index is 6.31. The summed E-state index contributed by atoms with van der Waals surface area (Å²) in [5.74, 6) is 0. The summed E-state index contributed by atoms with van der Waals surface area (Å²) in [5, 5.41) is 6.31. The van der Waals surface area contributed by atoms with Gasteiger partial charge in [-0.2, -0.15) is 0 Å². The third kappa shape index (κ3) is 1.90. The molecule has 0 heterocycles. The van der Waals surface area contributed by atoms with E-state index in [0.29, 0.717) is 0 Å². The van der Waals surface area contributed by atoms with Crippen molar-refractivity contribution in [2.45, 2.75) is 0 Å². The smallest absolute Gasteiger partial charge is 0.0370 e. The molecule has 0 saturated heterocycles. The van der Waals surface area contributed by atoms with Crippen LogP contribution >= 0.6 is 8.16 Å². The van der Waals surface area contributed by atoms with E-state index in [2.05, 4.69) is 4.74 Å². The van der Waals surface area contributed by atoms with Gasteiger partial charge in [0, 0.05) is 15.2 Å². The molecule has 1 unspecified atom stereocenters. The number of rotatable bonds is 0. The average Bonchev–Trinajstić information content (AvgIpc) is 1.37. The molecule has 0 aliphatic carbocycles. The van der Waals surface area contributed by atoms with Crippen molar-refractivity contribution in [1.29, 1.82) is 5.16 Å². The lowest BCUT2D eigenvalue weighted by molar-refractivity contribution is 1.49. The predicted octanol–water partition coefficient (Wildman–Crippen LogP) is 1.24. The molecule has 0 aromatic heterocycles. The first kappa shape index (κ1) is 3.90. The number of hydrogen-bond donors (Lipinski definition) is 1. The lowest BCUT2D eigenvalue weighted by atomic mass is 11.6. The molecule has 0 aromatic rings. The zero-order valence-electron chi connectivity index (χ0n) is 2.45. The molecule has 2 nitrogen and oxygen atoms in total. The molecule has 0 saturated carbocycles. The van der Waals surface area contributed by atoms with Crippen LogP contribution in [0.4, 0.5) is 0 Å². The van der Waals surface area contributed by atoms with Crippen LogP contribution < -0.4 is 0 Å². The molecule has 1 atom stereocenters. The lowest BCUT2D eigenvalue weighted by Gasteiger charge is -1.43. The second kappa shape index (κ2) is 2.90. The van der Waals surface area contributed by atoms with Crippen LogP contribution in [0.15, 0.2) is 4.74 Å². The Kier molecular flexibility index (Phi) is 2.83. The van der Waals surface area contributed by atoms with Crippen LogP contribution in [0.25, 0.3) is 0 Å². The van der Waals surface area contributed by atoms with Crippen LogP contribution in [-0.2, 0) is 0 Å². The highest BCUT2D eigenvalue weighted by molar-refractivity contribution is 7.13. The van der Waals surface area contributed by atoms with E-state index >= 15 is 0 Å². The Balaban J connectivity index is 3.11. The van der Waals surface area contributed by atoms with E-state index in [1.807, 2.05) is 0 Å². The van der Waals surface area contributed by atoms with Crippen molar-refractivity contribution in [3.8, 4) is 0 Å². The largest absolute Gasteiger partial charge is 0.275 e. The summed E-state index contributed by atoms with van der Waals surface area (Å²) in [4.78, 5) is 0. The Morgan fingerprint density at radius 3 is 2.25 bits per heavy atom. The molecule has 0 fully saturated rings. The third-order valence-electron chi connectivity index (χ3n) is 0.112. The Labute approximate surface area is 26.3 Å². The molecule has 0 aliphatic heterocycles. The van der Waals surface area contributed by atoms with Crippen molar-refractivity contribution >= 4 is 8.16 Å². The van der Waals surface area contributed by atoms with Crippen LogP contribution in [0.3, 0.4) is 0 Å². The van der Waals surface area contributed by atoms with Gasteiger partial charge in [-0.25, -0.2) is 0 Å². The fourth-order valence-electron chi connectivity index (χ4n) is 0. The van der Waals surface area contributed by atoms with Gasteiger partial charge in [0.05, 0.1) is 0 Å². The van der Waals surface area contributed by atoms with Crippen molar-refractivity contribution in [2.24, 2.45) is 4.74 Å². The molecule has 0 aromatic carbocycles. The summed E-state index contributed by atoms with van der Waals surface area (Å²) >= 11 is 0. The van der Waals surface area contributed by atoms with Gasteiger partial charge in [-0.1, -0.05) is 0 Å². The van der Waals surface area contributed by atoms with E-state index in [0.717, 1.165) is 0 Å². The zero-order valence-corrected chi connectivity index (χ0v) is 3.45. The average molecular weight is 76.0 g/mol. The molecule has 0 bridgehead atoms. The van der Waals surface area contributed by atoms with Gasteiger partial charge in [-0.05, 0) is 0 Å². The van der Waals surface area contributed by atoms with Gasteiger partial charge in [0.2, 0.25) is 0 Å². The Bertz CT molecular complexity index is 44.0. The van der Waals surface area contributed by atoms with Crippen LogP contribution in [0, 0.1) is 5.16 Å². The maximum absolute atomic E-state index is 6.31. The fraction of sp³-hybridized carbons (Fsp3) is 1.00. The van der Waals surface area contributed by atoms with Gasteiger partial charge in [0.15, 0.2) is 0 Å². The molecule has 4 heavy (non-hydrogen) atoms. The quantitative estimate of drug-likeness (QED) is 0.421. The summed E-state index contributed by atoms with van der Waals surface area (Å²) in [5.41, 5.74) is 0. The van der Waals surface area contributed by atoms with Gasteiger partial charge in [-0.15, -0.1) is 0 Å². The van der Waals surface area contributed by atoms with E-state index in [9.17, 15) is 0 Å². The minimum absolute atomic E-state index is 0.0154. The molecular formula is CH5N2P. The van der Waals surface area contributed by atoms with Crippen molar-refractivity contribution in [1.82, 2.24) is 0 Å². The van der Waals surface area contributed by atoms with Gasteiger partial charge in [0.25, 0.3) is 0 Å². The molecule has 1 N–H and O–H groups in total. The monoisotopic (exact) mass is 76.0 g/mol. The zero-order chi connectivity index (χ0) is 3.41. The highest BCUT2D eigenvalue weighted by Gasteiger charge is 1.20. The number of hydrogen-bond acceptors (Lipinski definition) is 2. The third-order valence-corrected chi connectivity index (χ3v) is 0.335. The summed E-state index contributed by atoms with van der Waals surface area (Å²) in [6, 6.07) is 0. The summed E-state index contributed by atoms with van der Waals surface area (Å²) in [7, 11) is 1.65. The lowest BCUT2D eigenvalue weighted by Crippen LogP contribution is -1.16. The normalized spacial score (nSPS) is 7.25. The van der Waals surface area contributed by atoms with Crippen molar-refractivity contribution in [3.05, 3.63) is 0 Å². The van der Waals surface area contributed by atoms with Crippen molar-refractivity contribution < 1.29 is 0 Å². The Morgan fingerprint density at radius 2 is 2.25 bits per heavy atom. The van der Waals surface area contributed by atoms with Crippen LogP contribution in [0.2, 0.25) is 0 Å². The molecule has 3 heteroatoms. The molecular weight excluding hydrogens is 71.0 g/mol. The van der Waals surface area contributed by atoms with Crippen LogP contribution in [-0.4, -0.2) is 7.05 Å². The van der Waals surface area contributed by atoms with Gasteiger partial charge in [-0.3, -0.25) is 9.91 Å². The standard InChI is InChI=1S/CH5N2P/c1-3-4-2/h2,4H,1H3. The fourth-order valence-corrected chi connectivity index (χ4v) is 0. The summed E-state index contributed by atoms with van der Waals surface area (Å²) < 4.78 is 3.43. The van der Waals surface area contributed by atoms with E-state index < -0.39 is 0 Å². The molecule has 0 spiro atoms. The topological polar surface area (TPSA) is 36.2 Å². The molecule has 0 radical (unpaired) electrons. The van der Waals surface area contributed by atoms with Crippen molar-refractivity contribution in [2.75, 3.05) is 7.05 Å². The van der Waals surface area contributed by atoms with E-state index in [4.69, 9.17) is 5.16 Å². The van der Waals surface area contributed by atoms with Gasteiger partial charge < -0.3 is 0 Å².